The van der Waals surface area contributed by atoms with Gasteiger partial charge in [-0.3, -0.25) is 4.79 Å². The molecule has 162 valence electrons. The molecule has 1 aliphatic rings. The Morgan fingerprint density at radius 2 is 1.77 bits per heavy atom. The molecule has 0 saturated heterocycles. The van der Waals surface area contributed by atoms with Crippen molar-refractivity contribution >= 4 is 28.5 Å². The maximum absolute atomic E-state index is 12.9. The lowest BCUT2D eigenvalue weighted by atomic mass is 9.99. The van der Waals surface area contributed by atoms with Crippen molar-refractivity contribution in [2.45, 2.75) is 13.0 Å². The monoisotopic (exact) mass is 424 g/mol. The van der Waals surface area contributed by atoms with Crippen LogP contribution in [-0.2, 0) is 22.5 Å². The van der Waals surface area contributed by atoms with E-state index >= 15 is 0 Å². The van der Waals surface area contributed by atoms with E-state index in [0.717, 1.165) is 40.1 Å². The second kappa shape index (κ2) is 8.69. The summed E-state index contributed by atoms with van der Waals surface area (Å²) in [5.41, 5.74) is 3.82. The fourth-order valence-electron chi connectivity index (χ4n) is 4.12. The Kier molecular flexibility index (Phi) is 5.81. The van der Waals surface area contributed by atoms with Gasteiger partial charge in [0.25, 0.3) is 5.91 Å². The zero-order valence-corrected chi connectivity index (χ0v) is 17.8. The van der Waals surface area contributed by atoms with Crippen molar-refractivity contribution in [1.82, 2.24) is 4.98 Å². The number of methoxy groups -OCH3 is 3. The van der Waals surface area contributed by atoms with Gasteiger partial charge in [-0.15, -0.1) is 0 Å². The lowest BCUT2D eigenvalue weighted by Gasteiger charge is -2.26. The fourth-order valence-corrected chi connectivity index (χ4v) is 4.12. The average Bonchev–Trinajstić information content (AvgIpc) is 3.15. The van der Waals surface area contributed by atoms with Gasteiger partial charge in [0.15, 0.2) is 18.0 Å². The van der Waals surface area contributed by atoms with Crippen LogP contribution in [0.3, 0.4) is 0 Å². The van der Waals surface area contributed by atoms with Crippen LogP contribution in [0.15, 0.2) is 36.4 Å². The number of benzene rings is 2. The molecule has 2 heterocycles. The van der Waals surface area contributed by atoms with Crippen molar-refractivity contribution in [2.24, 2.45) is 0 Å². The Morgan fingerprint density at radius 1 is 1.06 bits per heavy atom. The molecular weight excluding hydrogens is 398 g/mol. The van der Waals surface area contributed by atoms with Crippen molar-refractivity contribution in [3.63, 3.8) is 0 Å². The minimum atomic E-state index is -0.521. The molecule has 1 amide bonds. The van der Waals surface area contributed by atoms with E-state index in [2.05, 4.69) is 10.3 Å². The summed E-state index contributed by atoms with van der Waals surface area (Å²) in [5.74, 6) is 0.728. The Bertz CT molecular complexity index is 1140. The van der Waals surface area contributed by atoms with E-state index in [1.165, 1.54) is 12.7 Å². The summed E-state index contributed by atoms with van der Waals surface area (Å²) in [6.45, 7) is 1.82. The van der Waals surface area contributed by atoms with Gasteiger partial charge < -0.3 is 29.4 Å². The molecular formula is C23H26N3O5+. The van der Waals surface area contributed by atoms with E-state index in [9.17, 15) is 9.59 Å². The van der Waals surface area contributed by atoms with Gasteiger partial charge >= 0.3 is 5.97 Å². The zero-order chi connectivity index (χ0) is 22.0. The topological polar surface area (TPSA) is 94.1 Å². The maximum atomic E-state index is 12.9. The average molecular weight is 424 g/mol. The van der Waals surface area contributed by atoms with Crippen LogP contribution < -0.4 is 19.7 Å². The third-order valence-electron chi connectivity index (χ3n) is 5.66. The van der Waals surface area contributed by atoms with Crippen molar-refractivity contribution in [3.8, 4) is 11.5 Å². The highest BCUT2D eigenvalue weighted by atomic mass is 16.5. The zero-order valence-electron chi connectivity index (χ0n) is 17.8. The number of anilines is 1. The van der Waals surface area contributed by atoms with Crippen molar-refractivity contribution < 1.29 is 28.7 Å². The van der Waals surface area contributed by atoms with Crippen LogP contribution in [0.5, 0.6) is 11.5 Å². The second-order valence-electron chi connectivity index (χ2n) is 7.54. The highest BCUT2D eigenvalue weighted by Crippen LogP contribution is 2.31. The number of para-hydroxylation sites is 1. The molecule has 4 rings (SSSR count). The number of H-pyrrole nitrogens is 1. The highest BCUT2D eigenvalue weighted by molar-refractivity contribution is 6.11. The number of carbonyl (C=O) groups excluding carboxylic acids is 2. The minimum absolute atomic E-state index is 0.158. The van der Waals surface area contributed by atoms with Gasteiger partial charge in [0.1, 0.15) is 12.2 Å². The second-order valence-corrected chi connectivity index (χ2v) is 7.54. The number of quaternary nitrogens is 1. The third-order valence-corrected chi connectivity index (χ3v) is 5.66. The van der Waals surface area contributed by atoms with Gasteiger partial charge in [-0.05, 0) is 23.8 Å². The van der Waals surface area contributed by atoms with Gasteiger partial charge in [0.2, 0.25) is 0 Å². The molecule has 31 heavy (non-hydrogen) atoms. The number of hydrogen-bond acceptors (Lipinski definition) is 5. The lowest BCUT2D eigenvalue weighted by Crippen LogP contribution is -3.12. The van der Waals surface area contributed by atoms with Crippen LogP contribution in [0.4, 0.5) is 5.69 Å². The van der Waals surface area contributed by atoms with Crippen LogP contribution in [0, 0.1) is 0 Å². The first-order valence-electron chi connectivity index (χ1n) is 10.1. The molecule has 0 bridgehead atoms. The van der Waals surface area contributed by atoms with E-state index < -0.39 is 5.97 Å². The predicted molar refractivity (Wildman–Crippen MR) is 116 cm³/mol. The summed E-state index contributed by atoms with van der Waals surface area (Å²) in [4.78, 5) is 29.2. The quantitative estimate of drug-likeness (QED) is 0.522. The van der Waals surface area contributed by atoms with Crippen LogP contribution >= 0.6 is 0 Å². The first-order chi connectivity index (χ1) is 15.0. The minimum Gasteiger partial charge on any atom is -0.493 e. The van der Waals surface area contributed by atoms with Gasteiger partial charge in [-0.2, -0.15) is 0 Å². The largest absolute Gasteiger partial charge is 0.493 e. The summed E-state index contributed by atoms with van der Waals surface area (Å²) in [7, 11) is 4.56. The summed E-state index contributed by atoms with van der Waals surface area (Å²) in [5, 5.41) is 3.69. The number of amides is 1. The Hall–Kier alpha value is -3.52. The molecule has 0 spiro atoms. The Labute approximate surface area is 180 Å². The molecule has 2 aromatic carbocycles. The number of aromatic amines is 1. The molecule has 8 heteroatoms. The highest BCUT2D eigenvalue weighted by Gasteiger charge is 2.26. The number of hydrogen-bond donors (Lipinski definition) is 3. The van der Waals surface area contributed by atoms with Crippen LogP contribution in [0.25, 0.3) is 10.9 Å². The number of carbonyl (C=O) groups is 2. The standard InChI is InChI=1S/C23H25N3O5/c1-29-18-10-14-8-9-26(12-15(14)11-19(18)30-2)13-20(27)25-21-16-6-4-5-7-17(16)24-22(21)23(28)31-3/h4-7,10-11,24H,8-9,12-13H2,1-3H3,(H,25,27)/p+1. The number of nitrogens with one attached hydrogen (secondary N) is 3. The molecule has 1 atom stereocenters. The van der Waals surface area contributed by atoms with Gasteiger partial charge in [0.05, 0.1) is 33.6 Å². The fraction of sp³-hybridized carbons (Fsp3) is 0.304. The van der Waals surface area contributed by atoms with Crippen LogP contribution in [-0.4, -0.2) is 51.3 Å². The van der Waals surface area contributed by atoms with E-state index in [4.69, 9.17) is 14.2 Å². The first-order valence-corrected chi connectivity index (χ1v) is 10.1. The molecule has 1 unspecified atom stereocenters. The van der Waals surface area contributed by atoms with Crippen LogP contribution in [0.2, 0.25) is 0 Å². The van der Waals surface area contributed by atoms with E-state index in [0.29, 0.717) is 18.0 Å². The van der Waals surface area contributed by atoms with Gasteiger partial charge in [0, 0.05) is 22.9 Å². The Balaban J connectivity index is 1.51. The molecule has 3 aromatic rings. The predicted octanol–water partition coefficient (Wildman–Crippen LogP) is 1.55. The number of ether oxygens (including phenoxy) is 3. The number of esters is 1. The van der Waals surface area contributed by atoms with Gasteiger partial charge in [-0.1, -0.05) is 18.2 Å². The number of aromatic nitrogens is 1. The molecule has 0 fully saturated rings. The summed E-state index contributed by atoms with van der Waals surface area (Å²) < 4.78 is 15.7. The molecule has 1 aromatic heterocycles. The number of fused-ring (bicyclic) bond motifs is 2. The molecule has 8 nitrogen and oxygen atoms in total. The molecule has 1 aliphatic heterocycles. The summed E-state index contributed by atoms with van der Waals surface area (Å²) >= 11 is 0. The third kappa shape index (κ3) is 4.06. The normalized spacial score (nSPS) is 15.3. The lowest BCUT2D eigenvalue weighted by molar-refractivity contribution is -0.907. The maximum Gasteiger partial charge on any atom is 0.356 e. The SMILES string of the molecule is COC(=O)c1[nH]c2ccccc2c1NC(=O)C[NH+]1CCc2cc(OC)c(OC)cc2C1. The molecule has 3 N–H and O–H groups in total. The van der Waals surface area contributed by atoms with Crippen LogP contribution in [0.1, 0.15) is 21.6 Å². The van der Waals surface area contributed by atoms with Gasteiger partial charge in [-0.25, -0.2) is 4.79 Å². The van der Waals surface area contributed by atoms with Crippen molar-refractivity contribution in [1.29, 1.82) is 0 Å². The van der Waals surface area contributed by atoms with E-state index in [1.807, 2.05) is 36.4 Å². The smallest absolute Gasteiger partial charge is 0.356 e. The molecule has 0 aliphatic carbocycles. The summed E-state index contributed by atoms with van der Waals surface area (Å²) in [6.07, 6.45) is 0.846. The van der Waals surface area contributed by atoms with E-state index in [-0.39, 0.29) is 18.1 Å². The molecule has 0 saturated carbocycles. The first kappa shape index (κ1) is 20.7. The van der Waals surface area contributed by atoms with E-state index in [1.54, 1.807) is 14.2 Å². The number of rotatable bonds is 6. The molecule has 0 radical (unpaired) electrons. The summed E-state index contributed by atoms with van der Waals surface area (Å²) in [6, 6.07) is 11.4. The van der Waals surface area contributed by atoms with Crippen molar-refractivity contribution in [3.05, 3.63) is 53.2 Å². The Morgan fingerprint density at radius 3 is 2.48 bits per heavy atom. The van der Waals surface area contributed by atoms with Crippen molar-refractivity contribution in [2.75, 3.05) is 39.7 Å².